The molecule has 2 nitrogen and oxygen atoms in total. The maximum Gasteiger partial charge on any atom is 0.0387 e. The molecule has 3 heteroatoms. The van der Waals surface area contributed by atoms with Gasteiger partial charge in [0.2, 0.25) is 0 Å². The lowest BCUT2D eigenvalue weighted by Gasteiger charge is -2.24. The minimum Gasteiger partial charge on any atom is -0.353 e. The van der Waals surface area contributed by atoms with Gasteiger partial charge in [0.25, 0.3) is 0 Å². The third kappa shape index (κ3) is 3.92. The third-order valence-corrected chi connectivity index (χ3v) is 3.90. The second-order valence-electron chi connectivity index (χ2n) is 4.03. The molecule has 0 unspecified atom stereocenters. The summed E-state index contributed by atoms with van der Waals surface area (Å²) in [7, 11) is 4.31. The van der Waals surface area contributed by atoms with Gasteiger partial charge >= 0.3 is 0 Å². The minimum absolute atomic E-state index is 0.643. The first-order valence-corrected chi connectivity index (χ1v) is 6.68. The fourth-order valence-corrected chi connectivity index (χ4v) is 2.32. The van der Waals surface area contributed by atoms with Crippen LogP contribution in [0.2, 0.25) is 0 Å². The van der Waals surface area contributed by atoms with Crippen LogP contribution >= 0.6 is 11.8 Å². The second kappa shape index (κ2) is 6.23. The Balaban J connectivity index is 2.41. The van der Waals surface area contributed by atoms with E-state index in [2.05, 4.69) is 55.7 Å². The zero-order chi connectivity index (χ0) is 11.3. The zero-order valence-electron chi connectivity index (χ0n) is 10.2. The summed E-state index contributed by atoms with van der Waals surface area (Å²) in [5, 5.41) is 0. The largest absolute Gasteiger partial charge is 0.353 e. The van der Waals surface area contributed by atoms with Crippen LogP contribution in [0.3, 0.4) is 0 Å². The number of thioether (sulfide) groups is 1. The first-order chi connectivity index (χ1) is 7.15. The van der Waals surface area contributed by atoms with Crippen molar-refractivity contribution in [1.82, 2.24) is 9.47 Å². The first-order valence-electron chi connectivity index (χ1n) is 5.53. The highest BCUT2D eigenvalue weighted by Crippen LogP contribution is 2.10. The maximum atomic E-state index is 2.41. The third-order valence-electron chi connectivity index (χ3n) is 2.78. The average molecular weight is 226 g/mol. The van der Waals surface area contributed by atoms with Crippen LogP contribution in [0.4, 0.5) is 0 Å². The van der Waals surface area contributed by atoms with Gasteiger partial charge in [0.05, 0.1) is 0 Å². The van der Waals surface area contributed by atoms with Crippen molar-refractivity contribution in [1.29, 1.82) is 0 Å². The molecule has 0 N–H and O–H groups in total. The topological polar surface area (TPSA) is 8.17 Å². The number of rotatable bonds is 6. The molecule has 0 aliphatic carbocycles. The van der Waals surface area contributed by atoms with Crippen LogP contribution in [0.15, 0.2) is 18.3 Å². The summed E-state index contributed by atoms with van der Waals surface area (Å²) in [6, 6.07) is 4.94. The van der Waals surface area contributed by atoms with Crippen molar-refractivity contribution in [2.24, 2.45) is 7.05 Å². The Morgan fingerprint density at radius 1 is 1.53 bits per heavy atom. The van der Waals surface area contributed by atoms with Gasteiger partial charge in [-0.3, -0.25) is 4.90 Å². The molecule has 1 aromatic heterocycles. The van der Waals surface area contributed by atoms with Crippen LogP contribution < -0.4 is 0 Å². The molecule has 86 valence electrons. The molecule has 0 amide bonds. The average Bonchev–Trinajstić information content (AvgIpc) is 2.61. The number of aryl methyl sites for hydroxylation is 1. The zero-order valence-corrected chi connectivity index (χ0v) is 11.0. The quantitative estimate of drug-likeness (QED) is 0.737. The highest BCUT2D eigenvalue weighted by molar-refractivity contribution is 7.99. The van der Waals surface area contributed by atoms with Gasteiger partial charge in [0.1, 0.15) is 0 Å². The lowest BCUT2D eigenvalue weighted by atomic mass is 10.3. The van der Waals surface area contributed by atoms with Crippen molar-refractivity contribution >= 4 is 11.8 Å². The van der Waals surface area contributed by atoms with Gasteiger partial charge in [-0.15, -0.1) is 0 Å². The van der Waals surface area contributed by atoms with Gasteiger partial charge in [0, 0.05) is 37.3 Å². The molecular formula is C12H22N2S. The summed E-state index contributed by atoms with van der Waals surface area (Å²) in [5.41, 5.74) is 1.38. The predicted molar refractivity (Wildman–Crippen MR) is 69.3 cm³/mol. The summed E-state index contributed by atoms with van der Waals surface area (Å²) < 4.78 is 2.19. The van der Waals surface area contributed by atoms with Crippen LogP contribution in [0, 0.1) is 0 Å². The number of hydrogen-bond acceptors (Lipinski definition) is 2. The normalized spacial score (nSPS) is 13.4. The summed E-state index contributed by atoms with van der Waals surface area (Å²) in [6.07, 6.45) is 2.11. The predicted octanol–water partition coefficient (Wildman–Crippen LogP) is 2.60. The van der Waals surface area contributed by atoms with Crippen molar-refractivity contribution < 1.29 is 0 Å². The van der Waals surface area contributed by atoms with Gasteiger partial charge in [-0.2, -0.15) is 11.8 Å². The van der Waals surface area contributed by atoms with Crippen molar-refractivity contribution in [3.05, 3.63) is 24.0 Å². The molecule has 0 radical (unpaired) electrons. The highest BCUT2D eigenvalue weighted by atomic mass is 32.2. The van der Waals surface area contributed by atoms with Crippen LogP contribution in [-0.2, 0) is 13.6 Å². The fourth-order valence-electron chi connectivity index (χ4n) is 1.49. The molecule has 0 spiro atoms. The van der Waals surface area contributed by atoms with Crippen molar-refractivity contribution in [2.75, 3.05) is 18.6 Å². The SMILES string of the molecule is CCSC[C@H](C)N(C)Cc1cccn1C. The number of hydrogen-bond donors (Lipinski definition) is 0. The molecule has 1 aromatic rings. The van der Waals surface area contributed by atoms with E-state index < -0.39 is 0 Å². The van der Waals surface area contributed by atoms with E-state index in [1.165, 1.54) is 17.2 Å². The smallest absolute Gasteiger partial charge is 0.0387 e. The Morgan fingerprint density at radius 2 is 2.27 bits per heavy atom. The maximum absolute atomic E-state index is 2.41. The van der Waals surface area contributed by atoms with E-state index in [0.29, 0.717) is 6.04 Å². The van der Waals surface area contributed by atoms with E-state index in [1.54, 1.807) is 0 Å². The van der Waals surface area contributed by atoms with Gasteiger partial charge in [-0.1, -0.05) is 6.92 Å². The van der Waals surface area contributed by atoms with Crippen LogP contribution in [0.1, 0.15) is 19.5 Å². The Labute approximate surface area is 97.7 Å². The molecule has 0 aliphatic rings. The van der Waals surface area contributed by atoms with E-state index in [0.717, 1.165) is 6.54 Å². The summed E-state index contributed by atoms with van der Waals surface area (Å²) in [5.74, 6) is 2.43. The minimum atomic E-state index is 0.643. The summed E-state index contributed by atoms with van der Waals surface area (Å²) >= 11 is 2.01. The molecule has 0 aromatic carbocycles. The Hall–Kier alpha value is -0.410. The van der Waals surface area contributed by atoms with Crippen LogP contribution in [0.5, 0.6) is 0 Å². The molecular weight excluding hydrogens is 204 g/mol. The molecule has 0 bridgehead atoms. The molecule has 1 atom stereocenters. The fraction of sp³-hybridized carbons (Fsp3) is 0.667. The Bertz CT molecular complexity index is 283. The van der Waals surface area contributed by atoms with Crippen LogP contribution in [-0.4, -0.2) is 34.1 Å². The van der Waals surface area contributed by atoms with E-state index in [4.69, 9.17) is 0 Å². The number of nitrogens with zero attached hydrogens (tertiary/aromatic N) is 2. The summed E-state index contributed by atoms with van der Waals surface area (Å²) in [6.45, 7) is 5.55. The van der Waals surface area contributed by atoms with Gasteiger partial charge in [-0.05, 0) is 31.9 Å². The van der Waals surface area contributed by atoms with E-state index >= 15 is 0 Å². The van der Waals surface area contributed by atoms with Crippen molar-refractivity contribution in [2.45, 2.75) is 26.4 Å². The van der Waals surface area contributed by atoms with Gasteiger partial charge in [0.15, 0.2) is 0 Å². The molecule has 0 saturated heterocycles. The van der Waals surface area contributed by atoms with Crippen molar-refractivity contribution in [3.8, 4) is 0 Å². The molecule has 1 rings (SSSR count). The molecule has 0 fully saturated rings. The monoisotopic (exact) mass is 226 g/mol. The van der Waals surface area contributed by atoms with E-state index in [9.17, 15) is 0 Å². The molecule has 0 aliphatic heterocycles. The van der Waals surface area contributed by atoms with Gasteiger partial charge in [-0.25, -0.2) is 0 Å². The summed E-state index contributed by atoms with van der Waals surface area (Å²) in [4.78, 5) is 2.41. The molecule has 1 heterocycles. The van der Waals surface area contributed by atoms with Crippen LogP contribution in [0.25, 0.3) is 0 Å². The Kier molecular flexibility index (Phi) is 5.26. The molecule has 0 saturated carbocycles. The lowest BCUT2D eigenvalue weighted by Crippen LogP contribution is -2.31. The van der Waals surface area contributed by atoms with E-state index in [-0.39, 0.29) is 0 Å². The molecule has 15 heavy (non-hydrogen) atoms. The Morgan fingerprint density at radius 3 is 2.80 bits per heavy atom. The van der Waals surface area contributed by atoms with E-state index in [1.807, 2.05) is 11.8 Å². The first kappa shape index (κ1) is 12.7. The lowest BCUT2D eigenvalue weighted by molar-refractivity contribution is 0.264. The van der Waals surface area contributed by atoms with Gasteiger partial charge < -0.3 is 4.57 Å². The standard InChI is InChI=1S/C12H22N2S/c1-5-15-10-11(2)14(4)9-12-7-6-8-13(12)3/h6-8,11H,5,9-10H2,1-4H3/t11-/m0/s1. The van der Waals surface area contributed by atoms with Crippen molar-refractivity contribution in [3.63, 3.8) is 0 Å². The highest BCUT2D eigenvalue weighted by Gasteiger charge is 2.10. The second-order valence-corrected chi connectivity index (χ2v) is 5.35. The number of aromatic nitrogens is 1.